The molecule has 2 N–H and O–H groups in total. The highest BCUT2D eigenvalue weighted by atomic mass is 16.5. The van der Waals surface area contributed by atoms with E-state index >= 15 is 0 Å². The summed E-state index contributed by atoms with van der Waals surface area (Å²) in [4.78, 5) is 17.4. The molecule has 0 atom stereocenters. The third-order valence-corrected chi connectivity index (χ3v) is 4.72. The maximum atomic E-state index is 13.0. The van der Waals surface area contributed by atoms with E-state index in [2.05, 4.69) is 10.3 Å². The van der Waals surface area contributed by atoms with E-state index in [0.717, 1.165) is 22.3 Å². The first-order valence-electron chi connectivity index (χ1n) is 10.1. The van der Waals surface area contributed by atoms with Crippen molar-refractivity contribution in [2.75, 3.05) is 6.61 Å². The second-order valence-electron chi connectivity index (χ2n) is 7.77. The molecule has 3 aromatic rings. The molecule has 5 heteroatoms. The summed E-state index contributed by atoms with van der Waals surface area (Å²) in [7, 11) is 0. The van der Waals surface area contributed by atoms with Gasteiger partial charge in [0.15, 0.2) is 0 Å². The molecule has 1 amide bonds. The van der Waals surface area contributed by atoms with Gasteiger partial charge in [-0.1, -0.05) is 67.9 Å². The lowest BCUT2D eigenvalue weighted by Crippen LogP contribution is -2.24. The summed E-state index contributed by atoms with van der Waals surface area (Å²) in [5, 5.41) is 12.6. The van der Waals surface area contributed by atoms with Crippen LogP contribution in [0.25, 0.3) is 11.1 Å². The van der Waals surface area contributed by atoms with Gasteiger partial charge in [0.25, 0.3) is 5.91 Å². The number of nitrogens with zero attached hydrogens (tertiary/aromatic N) is 1. The molecule has 0 fully saturated rings. The van der Waals surface area contributed by atoms with E-state index < -0.39 is 0 Å². The molecule has 1 heterocycles. The van der Waals surface area contributed by atoms with Crippen LogP contribution in [0.5, 0.6) is 5.88 Å². The Balaban J connectivity index is 1.89. The van der Waals surface area contributed by atoms with E-state index in [4.69, 9.17) is 4.74 Å². The Morgan fingerprint density at radius 3 is 2.57 bits per heavy atom. The molecular formula is C25H28N2O3. The van der Waals surface area contributed by atoms with Crippen molar-refractivity contribution in [1.29, 1.82) is 0 Å². The van der Waals surface area contributed by atoms with Crippen molar-refractivity contribution < 1.29 is 14.6 Å². The fourth-order valence-electron chi connectivity index (χ4n) is 3.05. The summed E-state index contributed by atoms with van der Waals surface area (Å²) in [5.41, 5.74) is 4.96. The Morgan fingerprint density at radius 2 is 1.87 bits per heavy atom. The molecule has 156 valence electrons. The second-order valence-corrected chi connectivity index (χ2v) is 7.77. The van der Waals surface area contributed by atoms with Gasteiger partial charge in [0.1, 0.15) is 5.56 Å². The van der Waals surface area contributed by atoms with E-state index in [1.807, 2.05) is 69.3 Å². The third kappa shape index (κ3) is 5.45. The predicted molar refractivity (Wildman–Crippen MR) is 118 cm³/mol. The van der Waals surface area contributed by atoms with Gasteiger partial charge < -0.3 is 15.2 Å². The number of ether oxygens (including phenoxy) is 1. The number of carbonyl (C=O) groups is 1. The predicted octanol–water partition coefficient (Wildman–Crippen LogP) is 4.51. The average molecular weight is 405 g/mol. The van der Waals surface area contributed by atoms with E-state index in [0.29, 0.717) is 30.5 Å². The molecule has 0 unspecified atom stereocenters. The van der Waals surface area contributed by atoms with E-state index in [1.165, 1.54) is 5.56 Å². The molecule has 0 aliphatic heterocycles. The van der Waals surface area contributed by atoms with Crippen LogP contribution in [0, 0.1) is 12.8 Å². The molecule has 0 aliphatic rings. The van der Waals surface area contributed by atoms with Crippen LogP contribution in [0.2, 0.25) is 0 Å². The lowest BCUT2D eigenvalue weighted by molar-refractivity contribution is 0.0945. The van der Waals surface area contributed by atoms with Crippen molar-refractivity contribution >= 4 is 5.91 Å². The first-order chi connectivity index (χ1) is 14.5. The van der Waals surface area contributed by atoms with Crippen LogP contribution in [0.4, 0.5) is 0 Å². The lowest BCUT2D eigenvalue weighted by atomic mass is 10.00. The summed E-state index contributed by atoms with van der Waals surface area (Å²) in [5.74, 6) is 0.380. The van der Waals surface area contributed by atoms with Gasteiger partial charge in [-0.2, -0.15) is 0 Å². The Hall–Kier alpha value is -3.18. The van der Waals surface area contributed by atoms with Crippen LogP contribution in [-0.4, -0.2) is 22.6 Å². The Labute approximate surface area is 177 Å². The number of amides is 1. The maximum absolute atomic E-state index is 13.0. The summed E-state index contributed by atoms with van der Waals surface area (Å²) < 4.78 is 5.81. The molecule has 2 aromatic carbocycles. The number of hydrogen-bond donors (Lipinski definition) is 2. The minimum absolute atomic E-state index is 0.0866. The monoisotopic (exact) mass is 404 g/mol. The zero-order valence-corrected chi connectivity index (χ0v) is 17.7. The Kier molecular flexibility index (Phi) is 7.20. The fraction of sp³-hybridized carbons (Fsp3) is 0.280. The van der Waals surface area contributed by atoms with Crippen LogP contribution in [-0.2, 0) is 13.2 Å². The van der Waals surface area contributed by atoms with Gasteiger partial charge >= 0.3 is 0 Å². The normalized spacial score (nSPS) is 10.8. The molecule has 5 nitrogen and oxygen atoms in total. The third-order valence-electron chi connectivity index (χ3n) is 4.72. The molecule has 3 rings (SSSR count). The number of rotatable bonds is 8. The first-order valence-corrected chi connectivity index (χ1v) is 10.1. The van der Waals surface area contributed by atoms with Crippen molar-refractivity contribution in [1.82, 2.24) is 10.3 Å². The van der Waals surface area contributed by atoms with Gasteiger partial charge in [0, 0.05) is 18.3 Å². The fourth-order valence-corrected chi connectivity index (χ4v) is 3.05. The number of aryl methyl sites for hydroxylation is 1. The van der Waals surface area contributed by atoms with Crippen molar-refractivity contribution in [3.8, 4) is 17.0 Å². The van der Waals surface area contributed by atoms with Gasteiger partial charge in [-0.3, -0.25) is 4.79 Å². The Morgan fingerprint density at radius 1 is 1.13 bits per heavy atom. The van der Waals surface area contributed by atoms with Crippen LogP contribution >= 0.6 is 0 Å². The molecule has 30 heavy (non-hydrogen) atoms. The van der Waals surface area contributed by atoms with Crippen LogP contribution in [0.3, 0.4) is 0 Å². The molecule has 1 aromatic heterocycles. The minimum atomic E-state index is -0.245. The number of nitrogens with one attached hydrogen (secondary N) is 1. The van der Waals surface area contributed by atoms with Crippen molar-refractivity contribution in [2.24, 2.45) is 5.92 Å². The topological polar surface area (TPSA) is 71.5 Å². The lowest BCUT2D eigenvalue weighted by Gasteiger charge is -2.15. The summed E-state index contributed by atoms with van der Waals surface area (Å²) in [6.07, 6.45) is 1.68. The van der Waals surface area contributed by atoms with Crippen LogP contribution in [0.15, 0.2) is 60.8 Å². The van der Waals surface area contributed by atoms with Gasteiger partial charge in [-0.05, 0) is 35.6 Å². The summed E-state index contributed by atoms with van der Waals surface area (Å²) >= 11 is 0. The molecule has 0 saturated carbocycles. The number of aliphatic hydroxyl groups excluding tert-OH is 1. The molecule has 0 aliphatic carbocycles. The van der Waals surface area contributed by atoms with Crippen molar-refractivity contribution in [3.05, 3.63) is 83.0 Å². The molecule has 0 bridgehead atoms. The maximum Gasteiger partial charge on any atom is 0.257 e. The zero-order valence-electron chi connectivity index (χ0n) is 17.7. The highest BCUT2D eigenvalue weighted by Gasteiger charge is 2.17. The summed E-state index contributed by atoms with van der Waals surface area (Å²) in [6.45, 7) is 6.92. The number of carbonyl (C=O) groups excluding carboxylic acids is 1. The minimum Gasteiger partial charge on any atom is -0.477 e. The van der Waals surface area contributed by atoms with Crippen molar-refractivity contribution in [3.63, 3.8) is 0 Å². The molecule has 0 radical (unpaired) electrons. The number of pyridine rings is 1. The van der Waals surface area contributed by atoms with E-state index in [-0.39, 0.29) is 12.5 Å². The number of aromatic nitrogens is 1. The van der Waals surface area contributed by atoms with Gasteiger partial charge in [0.05, 0.1) is 13.2 Å². The highest BCUT2D eigenvalue weighted by Crippen LogP contribution is 2.27. The molecule has 0 saturated heterocycles. The van der Waals surface area contributed by atoms with Crippen LogP contribution < -0.4 is 10.1 Å². The number of hydrogen-bond acceptors (Lipinski definition) is 4. The second kappa shape index (κ2) is 10.0. The van der Waals surface area contributed by atoms with Gasteiger partial charge in [0.2, 0.25) is 5.88 Å². The van der Waals surface area contributed by atoms with Gasteiger partial charge in [-0.15, -0.1) is 0 Å². The highest BCUT2D eigenvalue weighted by molar-refractivity contribution is 5.97. The number of benzene rings is 2. The smallest absolute Gasteiger partial charge is 0.257 e. The van der Waals surface area contributed by atoms with E-state index in [9.17, 15) is 9.90 Å². The Bertz CT molecular complexity index is 998. The zero-order chi connectivity index (χ0) is 21.5. The van der Waals surface area contributed by atoms with Crippen molar-refractivity contribution in [2.45, 2.75) is 33.9 Å². The number of aliphatic hydroxyl groups is 1. The quantitative estimate of drug-likeness (QED) is 0.579. The first kappa shape index (κ1) is 21.5. The average Bonchev–Trinajstić information content (AvgIpc) is 2.77. The van der Waals surface area contributed by atoms with Crippen LogP contribution in [0.1, 0.15) is 40.9 Å². The molecule has 0 spiro atoms. The van der Waals surface area contributed by atoms with E-state index in [1.54, 1.807) is 12.3 Å². The SMILES string of the molecule is Cc1ccc(CNC(=O)c2cc(-c3ccccc3CO)cnc2OCC(C)C)cc1. The standard InChI is InChI=1S/C25H28N2O3/c1-17(2)16-30-25-23(24(29)26-13-19-10-8-18(3)9-11-19)12-21(14-27-25)22-7-5-4-6-20(22)15-28/h4-12,14,17,28H,13,15-16H2,1-3H3,(H,26,29). The summed E-state index contributed by atoms with van der Waals surface area (Å²) in [6, 6.07) is 17.4. The van der Waals surface area contributed by atoms with Gasteiger partial charge in [-0.25, -0.2) is 4.98 Å². The largest absolute Gasteiger partial charge is 0.477 e. The molecular weight excluding hydrogens is 376 g/mol.